The number of nitrogens with zero attached hydrogens (tertiary/aromatic N) is 2. The Balaban J connectivity index is 3.00. The highest BCUT2D eigenvalue weighted by molar-refractivity contribution is 7.71. The Labute approximate surface area is 100 Å². The fraction of sp³-hybridized carbons (Fsp3) is 0.700. The molecule has 0 bridgehead atoms. The number of rotatable bonds is 5. The van der Waals surface area contributed by atoms with E-state index in [4.69, 9.17) is 18.0 Å². The third kappa shape index (κ3) is 2.69. The van der Waals surface area contributed by atoms with Gasteiger partial charge in [-0.1, -0.05) is 6.92 Å². The van der Waals surface area contributed by atoms with E-state index in [1.165, 1.54) is 0 Å². The van der Waals surface area contributed by atoms with E-state index in [0.717, 1.165) is 18.7 Å². The van der Waals surface area contributed by atoms with Gasteiger partial charge in [0.1, 0.15) is 5.82 Å². The Morgan fingerprint density at radius 2 is 2.25 bits per heavy atom. The number of hydrogen-bond donors (Lipinski definition) is 2. The molecule has 1 aromatic heterocycles. The molecule has 1 heterocycles. The third-order valence-electron chi connectivity index (χ3n) is 2.53. The van der Waals surface area contributed by atoms with Crippen molar-refractivity contribution in [1.29, 1.82) is 0 Å². The maximum atomic E-state index is 11.3. The van der Waals surface area contributed by atoms with E-state index < -0.39 is 5.41 Å². The number of aryl methyl sites for hydroxylation is 1. The molecule has 0 atom stereocenters. The van der Waals surface area contributed by atoms with E-state index in [-0.39, 0.29) is 5.91 Å². The van der Waals surface area contributed by atoms with Gasteiger partial charge in [0, 0.05) is 13.0 Å². The van der Waals surface area contributed by atoms with Crippen molar-refractivity contribution in [3.05, 3.63) is 10.6 Å². The van der Waals surface area contributed by atoms with Crippen molar-refractivity contribution in [1.82, 2.24) is 14.8 Å². The normalized spacial score (nSPS) is 11.7. The second-order valence-corrected chi connectivity index (χ2v) is 4.92. The molecule has 0 radical (unpaired) electrons. The van der Waals surface area contributed by atoms with Gasteiger partial charge in [0.25, 0.3) is 0 Å². The fourth-order valence-corrected chi connectivity index (χ4v) is 1.62. The number of carbonyl (C=O) groups is 1. The zero-order valence-electron chi connectivity index (χ0n) is 9.91. The van der Waals surface area contributed by atoms with Gasteiger partial charge in [0.15, 0.2) is 4.77 Å². The van der Waals surface area contributed by atoms with Crippen molar-refractivity contribution >= 4 is 18.1 Å². The summed E-state index contributed by atoms with van der Waals surface area (Å²) in [4.78, 5) is 11.3. The van der Waals surface area contributed by atoms with E-state index in [1.807, 2.05) is 4.57 Å². The van der Waals surface area contributed by atoms with Gasteiger partial charge in [-0.2, -0.15) is 5.10 Å². The number of primary amides is 1. The summed E-state index contributed by atoms with van der Waals surface area (Å²) in [6.07, 6.45) is 1.82. The van der Waals surface area contributed by atoms with Crippen LogP contribution in [0.4, 0.5) is 0 Å². The van der Waals surface area contributed by atoms with Crippen LogP contribution in [0.1, 0.15) is 33.0 Å². The van der Waals surface area contributed by atoms with Crippen LogP contribution in [0.3, 0.4) is 0 Å². The summed E-state index contributed by atoms with van der Waals surface area (Å²) in [6.45, 7) is 6.15. The molecule has 0 fully saturated rings. The molecule has 0 aliphatic rings. The summed E-state index contributed by atoms with van der Waals surface area (Å²) >= 11 is 5.13. The largest absolute Gasteiger partial charge is 0.369 e. The van der Waals surface area contributed by atoms with E-state index in [0.29, 0.717) is 11.3 Å². The Bertz CT molecular complexity index is 432. The molecule has 16 heavy (non-hydrogen) atoms. The van der Waals surface area contributed by atoms with Crippen LogP contribution in [-0.4, -0.2) is 20.7 Å². The first-order chi connectivity index (χ1) is 7.38. The highest BCUT2D eigenvalue weighted by atomic mass is 32.1. The first-order valence-electron chi connectivity index (χ1n) is 5.32. The summed E-state index contributed by atoms with van der Waals surface area (Å²) in [5.74, 6) is 0.542. The van der Waals surface area contributed by atoms with Gasteiger partial charge in [0.2, 0.25) is 5.91 Å². The first-order valence-corrected chi connectivity index (χ1v) is 5.73. The van der Waals surface area contributed by atoms with Crippen molar-refractivity contribution in [3.8, 4) is 0 Å². The minimum absolute atomic E-state index is 0.335. The smallest absolute Gasteiger partial charge is 0.224 e. The number of nitrogens with one attached hydrogen (secondary N) is 1. The third-order valence-corrected chi connectivity index (χ3v) is 2.84. The van der Waals surface area contributed by atoms with Crippen LogP contribution in [0.2, 0.25) is 0 Å². The number of carbonyl (C=O) groups excluding carboxylic acids is 1. The average Bonchev–Trinajstić information content (AvgIpc) is 2.50. The zero-order valence-corrected chi connectivity index (χ0v) is 10.7. The highest BCUT2D eigenvalue weighted by Crippen LogP contribution is 2.18. The SMILES string of the molecule is CCCc1n[nH]c(=S)n1CC(C)(C)C(N)=O. The molecule has 3 N–H and O–H groups in total. The summed E-state index contributed by atoms with van der Waals surface area (Å²) in [5, 5.41) is 6.89. The van der Waals surface area contributed by atoms with Gasteiger partial charge in [0.05, 0.1) is 5.41 Å². The van der Waals surface area contributed by atoms with Crippen LogP contribution < -0.4 is 5.73 Å². The molecule has 6 heteroatoms. The summed E-state index contributed by atoms with van der Waals surface area (Å²) in [6, 6.07) is 0. The lowest BCUT2D eigenvalue weighted by atomic mass is 9.92. The van der Waals surface area contributed by atoms with Crippen molar-refractivity contribution in [2.75, 3.05) is 0 Å². The second-order valence-electron chi connectivity index (χ2n) is 4.53. The highest BCUT2D eigenvalue weighted by Gasteiger charge is 2.26. The van der Waals surface area contributed by atoms with Crippen LogP contribution in [0.25, 0.3) is 0 Å². The van der Waals surface area contributed by atoms with Gasteiger partial charge in [-0.3, -0.25) is 9.89 Å². The predicted molar refractivity (Wildman–Crippen MR) is 64.4 cm³/mol. The predicted octanol–water partition coefficient (Wildman–Crippen LogP) is 1.40. The van der Waals surface area contributed by atoms with E-state index in [2.05, 4.69) is 17.1 Å². The zero-order chi connectivity index (χ0) is 12.3. The summed E-state index contributed by atoms with van der Waals surface area (Å²) in [7, 11) is 0. The number of hydrogen-bond acceptors (Lipinski definition) is 3. The van der Waals surface area contributed by atoms with Gasteiger partial charge in [-0.25, -0.2) is 0 Å². The molecular formula is C10H18N4OS. The van der Waals surface area contributed by atoms with Crippen molar-refractivity contribution in [3.63, 3.8) is 0 Å². The lowest BCUT2D eigenvalue weighted by Crippen LogP contribution is -2.35. The van der Waals surface area contributed by atoms with E-state index in [1.54, 1.807) is 13.8 Å². The number of nitrogens with two attached hydrogens (primary N) is 1. The lowest BCUT2D eigenvalue weighted by molar-refractivity contribution is -0.126. The summed E-state index contributed by atoms with van der Waals surface area (Å²) in [5.41, 5.74) is 4.72. The number of aromatic amines is 1. The first kappa shape index (κ1) is 12.9. The Hall–Kier alpha value is -1.17. The lowest BCUT2D eigenvalue weighted by Gasteiger charge is -2.21. The molecule has 1 aromatic rings. The van der Waals surface area contributed by atoms with Gasteiger partial charge in [-0.15, -0.1) is 0 Å². The molecular weight excluding hydrogens is 224 g/mol. The Kier molecular flexibility index (Phi) is 3.85. The van der Waals surface area contributed by atoms with Crippen LogP contribution in [0.15, 0.2) is 0 Å². The minimum Gasteiger partial charge on any atom is -0.369 e. The van der Waals surface area contributed by atoms with Crippen molar-refractivity contribution in [2.24, 2.45) is 11.1 Å². The van der Waals surface area contributed by atoms with E-state index >= 15 is 0 Å². The van der Waals surface area contributed by atoms with Crippen molar-refractivity contribution in [2.45, 2.75) is 40.2 Å². The van der Waals surface area contributed by atoms with Crippen LogP contribution in [0.5, 0.6) is 0 Å². The maximum absolute atomic E-state index is 11.3. The van der Waals surface area contributed by atoms with Crippen LogP contribution in [0, 0.1) is 10.2 Å². The molecule has 1 amide bonds. The van der Waals surface area contributed by atoms with E-state index in [9.17, 15) is 4.79 Å². The molecule has 0 unspecified atom stereocenters. The molecule has 0 saturated carbocycles. The molecule has 0 aliphatic carbocycles. The molecule has 90 valence electrons. The van der Waals surface area contributed by atoms with Crippen LogP contribution >= 0.6 is 12.2 Å². The van der Waals surface area contributed by atoms with Crippen molar-refractivity contribution < 1.29 is 4.79 Å². The molecule has 1 rings (SSSR count). The minimum atomic E-state index is -0.620. The maximum Gasteiger partial charge on any atom is 0.224 e. The number of aromatic nitrogens is 3. The molecule has 0 aliphatic heterocycles. The number of H-pyrrole nitrogens is 1. The molecule has 5 nitrogen and oxygen atoms in total. The molecule has 0 aromatic carbocycles. The second kappa shape index (κ2) is 4.78. The fourth-order valence-electron chi connectivity index (χ4n) is 1.40. The topological polar surface area (TPSA) is 76.7 Å². The quantitative estimate of drug-likeness (QED) is 0.766. The average molecular weight is 242 g/mol. The molecule has 0 saturated heterocycles. The monoisotopic (exact) mass is 242 g/mol. The van der Waals surface area contributed by atoms with Gasteiger partial charge < -0.3 is 10.3 Å². The standard InChI is InChI=1S/C10H18N4OS/c1-4-5-7-12-13-9(16)14(7)6-10(2,3)8(11)15/h4-6H2,1-3H3,(H2,11,15)(H,13,16). The molecule has 0 spiro atoms. The Morgan fingerprint density at radius 1 is 1.62 bits per heavy atom. The van der Waals surface area contributed by atoms with Gasteiger partial charge in [-0.05, 0) is 32.5 Å². The van der Waals surface area contributed by atoms with Crippen LogP contribution in [-0.2, 0) is 17.8 Å². The number of amides is 1. The van der Waals surface area contributed by atoms with Gasteiger partial charge >= 0.3 is 0 Å². The summed E-state index contributed by atoms with van der Waals surface area (Å²) < 4.78 is 2.39. The Morgan fingerprint density at radius 3 is 2.75 bits per heavy atom.